The number of halogens is 1. The second kappa shape index (κ2) is 6.36. The molecule has 7 heteroatoms. The number of aryl methyl sites for hydroxylation is 1. The summed E-state index contributed by atoms with van der Waals surface area (Å²) in [5.41, 5.74) is 1.60. The van der Waals surface area contributed by atoms with Crippen LogP contribution in [0.25, 0.3) is 0 Å². The molecule has 0 amide bonds. The van der Waals surface area contributed by atoms with Gasteiger partial charge in [-0.3, -0.25) is 0 Å². The van der Waals surface area contributed by atoms with Gasteiger partial charge in [-0.25, -0.2) is 13.1 Å². The van der Waals surface area contributed by atoms with Crippen molar-refractivity contribution in [1.82, 2.24) is 4.72 Å². The summed E-state index contributed by atoms with van der Waals surface area (Å²) in [6.45, 7) is 1.54. The van der Waals surface area contributed by atoms with Crippen LogP contribution in [0.2, 0.25) is 0 Å². The summed E-state index contributed by atoms with van der Waals surface area (Å²) in [7, 11) is -3.64. The van der Waals surface area contributed by atoms with Crippen LogP contribution < -0.4 is 4.72 Å². The van der Waals surface area contributed by atoms with Gasteiger partial charge >= 0.3 is 0 Å². The lowest BCUT2D eigenvalue weighted by atomic mass is 10.1. The minimum absolute atomic E-state index is 0.233. The highest BCUT2D eigenvalue weighted by Crippen LogP contribution is 2.31. The van der Waals surface area contributed by atoms with Gasteiger partial charge < -0.3 is 5.11 Å². The lowest BCUT2D eigenvalue weighted by molar-refractivity contribution is 0.259. The normalized spacial score (nSPS) is 13.3. The maximum Gasteiger partial charge on any atom is 0.250 e. The number of nitrogens with one attached hydrogen (secondary N) is 1. The Bertz CT molecular complexity index is 663. The summed E-state index contributed by atoms with van der Waals surface area (Å²) >= 11 is 4.47. The van der Waals surface area contributed by atoms with Crippen LogP contribution in [-0.2, 0) is 10.0 Å². The molecule has 2 rings (SSSR count). The molecule has 1 heterocycles. The van der Waals surface area contributed by atoms with E-state index in [0.717, 1.165) is 26.3 Å². The van der Waals surface area contributed by atoms with Gasteiger partial charge in [0, 0.05) is 0 Å². The lowest BCUT2D eigenvalue weighted by Gasteiger charge is -2.16. The van der Waals surface area contributed by atoms with Crippen molar-refractivity contribution in [3.05, 3.63) is 51.3 Å². The van der Waals surface area contributed by atoms with Crippen LogP contribution in [0, 0.1) is 6.92 Å². The number of rotatable bonds is 5. The first-order chi connectivity index (χ1) is 9.44. The van der Waals surface area contributed by atoms with E-state index in [1.54, 1.807) is 30.3 Å². The molecule has 0 aliphatic carbocycles. The van der Waals surface area contributed by atoms with Gasteiger partial charge in [-0.15, -0.1) is 11.3 Å². The number of thiophene rings is 1. The second-order valence-electron chi connectivity index (χ2n) is 4.29. The van der Waals surface area contributed by atoms with Crippen molar-refractivity contribution in [2.45, 2.75) is 17.2 Å². The van der Waals surface area contributed by atoms with Crippen molar-refractivity contribution in [2.75, 3.05) is 6.61 Å². The van der Waals surface area contributed by atoms with Crippen molar-refractivity contribution < 1.29 is 13.5 Å². The maximum atomic E-state index is 12.3. The van der Waals surface area contributed by atoms with Gasteiger partial charge in [0.1, 0.15) is 4.21 Å². The summed E-state index contributed by atoms with van der Waals surface area (Å²) in [5.74, 6) is 0. The third-order valence-corrected chi connectivity index (χ3v) is 6.86. The van der Waals surface area contributed by atoms with E-state index in [9.17, 15) is 13.5 Å². The molecule has 1 aromatic heterocycles. The lowest BCUT2D eigenvalue weighted by Crippen LogP contribution is -2.30. The highest BCUT2D eigenvalue weighted by molar-refractivity contribution is 9.11. The fourth-order valence-electron chi connectivity index (χ4n) is 1.71. The predicted molar refractivity (Wildman–Crippen MR) is 83.3 cm³/mol. The van der Waals surface area contributed by atoms with E-state index in [1.165, 1.54) is 0 Å². The summed E-state index contributed by atoms with van der Waals surface area (Å²) < 4.78 is 28.2. The van der Waals surface area contributed by atoms with Crippen LogP contribution in [-0.4, -0.2) is 20.1 Å². The summed E-state index contributed by atoms with van der Waals surface area (Å²) in [5, 5.41) is 9.42. The molecule has 0 saturated carbocycles. The first kappa shape index (κ1) is 15.7. The SMILES string of the molecule is Cc1cc(S(=O)(=O)NC(CO)c2ccccc2)sc1Br. The Labute approximate surface area is 130 Å². The Morgan fingerprint density at radius 2 is 2.00 bits per heavy atom. The van der Waals surface area contributed by atoms with Gasteiger partial charge in [-0.05, 0) is 40.0 Å². The highest BCUT2D eigenvalue weighted by Gasteiger charge is 2.23. The molecule has 108 valence electrons. The number of hydrogen-bond donors (Lipinski definition) is 2. The number of aliphatic hydroxyl groups excluding tert-OH is 1. The highest BCUT2D eigenvalue weighted by atomic mass is 79.9. The molecule has 0 fully saturated rings. The van der Waals surface area contributed by atoms with Crippen LogP contribution in [0.4, 0.5) is 0 Å². The molecule has 0 spiro atoms. The second-order valence-corrected chi connectivity index (χ2v) is 8.60. The van der Waals surface area contributed by atoms with Crippen molar-refractivity contribution in [3.8, 4) is 0 Å². The Hall–Kier alpha value is -0.730. The zero-order valence-corrected chi connectivity index (χ0v) is 13.9. The fraction of sp³-hybridized carbons (Fsp3) is 0.231. The smallest absolute Gasteiger partial charge is 0.250 e. The Morgan fingerprint density at radius 3 is 2.50 bits per heavy atom. The van der Waals surface area contributed by atoms with Crippen molar-refractivity contribution in [2.24, 2.45) is 0 Å². The molecule has 0 aliphatic heterocycles. The molecular formula is C13H14BrNO3S2. The van der Waals surface area contributed by atoms with Crippen LogP contribution >= 0.6 is 27.3 Å². The molecule has 1 aromatic carbocycles. The average Bonchev–Trinajstić information content (AvgIpc) is 2.78. The molecule has 0 aliphatic rings. The van der Waals surface area contributed by atoms with E-state index >= 15 is 0 Å². The Morgan fingerprint density at radius 1 is 1.35 bits per heavy atom. The number of sulfonamides is 1. The topological polar surface area (TPSA) is 66.4 Å². The molecule has 20 heavy (non-hydrogen) atoms. The van der Waals surface area contributed by atoms with Crippen molar-refractivity contribution in [3.63, 3.8) is 0 Å². The first-order valence-corrected chi connectivity index (χ1v) is 8.97. The first-order valence-electron chi connectivity index (χ1n) is 5.88. The van der Waals surface area contributed by atoms with Gasteiger partial charge in [-0.1, -0.05) is 30.3 Å². The van der Waals surface area contributed by atoms with E-state index < -0.39 is 16.1 Å². The fourth-order valence-corrected chi connectivity index (χ4v) is 5.16. The molecular weight excluding hydrogens is 362 g/mol. The molecule has 2 N–H and O–H groups in total. The van der Waals surface area contributed by atoms with E-state index in [2.05, 4.69) is 20.7 Å². The van der Waals surface area contributed by atoms with E-state index in [1.807, 2.05) is 13.0 Å². The van der Waals surface area contributed by atoms with Gasteiger partial charge in [0.25, 0.3) is 10.0 Å². The number of hydrogen-bond acceptors (Lipinski definition) is 4. The van der Waals surface area contributed by atoms with Gasteiger partial charge in [0.2, 0.25) is 0 Å². The minimum Gasteiger partial charge on any atom is -0.394 e. The van der Waals surface area contributed by atoms with Crippen molar-refractivity contribution >= 4 is 37.3 Å². The molecule has 2 aromatic rings. The maximum absolute atomic E-state index is 12.3. The quantitative estimate of drug-likeness (QED) is 0.844. The zero-order chi connectivity index (χ0) is 14.8. The van der Waals surface area contributed by atoms with E-state index in [4.69, 9.17) is 0 Å². The third-order valence-electron chi connectivity index (χ3n) is 2.78. The van der Waals surface area contributed by atoms with Gasteiger partial charge in [-0.2, -0.15) is 0 Å². The van der Waals surface area contributed by atoms with Crippen LogP contribution in [0.3, 0.4) is 0 Å². The molecule has 4 nitrogen and oxygen atoms in total. The van der Waals surface area contributed by atoms with Crippen LogP contribution in [0.15, 0.2) is 44.4 Å². The number of aliphatic hydroxyl groups is 1. The third kappa shape index (κ3) is 3.48. The molecule has 0 bridgehead atoms. The van der Waals surface area contributed by atoms with E-state index in [-0.39, 0.29) is 10.8 Å². The Balaban J connectivity index is 2.27. The van der Waals surface area contributed by atoms with Gasteiger partial charge in [0.15, 0.2) is 0 Å². The van der Waals surface area contributed by atoms with E-state index in [0.29, 0.717) is 0 Å². The van der Waals surface area contributed by atoms with Crippen LogP contribution in [0.5, 0.6) is 0 Å². The summed E-state index contributed by atoms with van der Waals surface area (Å²) in [6.07, 6.45) is 0. The molecule has 0 radical (unpaired) electrons. The summed E-state index contributed by atoms with van der Waals surface area (Å²) in [4.78, 5) is 0. The molecule has 1 atom stereocenters. The predicted octanol–water partition coefficient (Wildman–Crippen LogP) is 2.83. The zero-order valence-electron chi connectivity index (χ0n) is 10.7. The van der Waals surface area contributed by atoms with Crippen molar-refractivity contribution in [1.29, 1.82) is 0 Å². The standard InChI is InChI=1S/C13H14BrNO3S2/c1-9-7-12(19-13(9)14)20(17,18)15-11(8-16)10-5-3-2-4-6-10/h2-7,11,15-16H,8H2,1H3. The van der Waals surface area contributed by atoms with Crippen LogP contribution in [0.1, 0.15) is 17.2 Å². The molecule has 1 unspecified atom stereocenters. The average molecular weight is 376 g/mol. The monoisotopic (exact) mass is 375 g/mol. The largest absolute Gasteiger partial charge is 0.394 e. The molecule has 0 saturated heterocycles. The summed E-state index contributed by atoms with van der Waals surface area (Å²) in [6, 6.07) is 9.96. The van der Waals surface area contributed by atoms with Gasteiger partial charge in [0.05, 0.1) is 16.4 Å². The number of benzene rings is 1. The minimum atomic E-state index is -3.64. The Kier molecular flexibility index (Phi) is 4.98.